The van der Waals surface area contributed by atoms with Crippen molar-refractivity contribution in [3.05, 3.63) is 33.5 Å². The highest BCUT2D eigenvalue weighted by atomic mass is 35.5. The Hall–Kier alpha value is -1.27. The number of aromatic nitrogens is 2. The molecule has 0 bridgehead atoms. The summed E-state index contributed by atoms with van der Waals surface area (Å²) in [5.41, 5.74) is 0.612. The third-order valence-corrected chi connectivity index (χ3v) is 5.97. The number of quaternary nitrogens is 1. The molecule has 2 heterocycles. The first kappa shape index (κ1) is 20.5. The van der Waals surface area contributed by atoms with Crippen LogP contribution in [0.1, 0.15) is 6.92 Å². The lowest BCUT2D eigenvalue weighted by Gasteiger charge is -2.38. The molecule has 2 aromatic rings. The molecule has 1 fully saturated rings. The molecule has 146 valence electrons. The molecule has 1 aliphatic heterocycles. The van der Waals surface area contributed by atoms with E-state index in [4.69, 9.17) is 44.9 Å². The van der Waals surface area contributed by atoms with Gasteiger partial charge in [-0.1, -0.05) is 40.3 Å². The van der Waals surface area contributed by atoms with Gasteiger partial charge >= 0.3 is 5.13 Å². The summed E-state index contributed by atoms with van der Waals surface area (Å²) < 4.78 is 10.0. The monoisotopic (exact) mass is 449 g/mol. The fourth-order valence-electron chi connectivity index (χ4n) is 2.62. The van der Waals surface area contributed by atoms with Crippen molar-refractivity contribution in [1.29, 1.82) is 0 Å². The maximum Gasteiger partial charge on any atom is 0.314 e. The second-order valence-corrected chi connectivity index (χ2v) is 7.88. The number of thiocarbonyl (C=S) groups is 1. The summed E-state index contributed by atoms with van der Waals surface area (Å²) in [4.78, 5) is 1.97. The number of hydrogen-bond donors (Lipinski definition) is 1. The predicted molar refractivity (Wildman–Crippen MR) is 111 cm³/mol. The Morgan fingerprint density at radius 1 is 1.44 bits per heavy atom. The molecule has 1 N–H and O–H groups in total. The maximum atomic E-state index is 13.5. The van der Waals surface area contributed by atoms with Crippen LogP contribution in [-0.4, -0.2) is 53.4 Å². The van der Waals surface area contributed by atoms with Crippen LogP contribution in [0.3, 0.4) is 0 Å². The topological polar surface area (TPSA) is 82.6 Å². The van der Waals surface area contributed by atoms with Crippen molar-refractivity contribution in [3.8, 4) is 5.19 Å². The van der Waals surface area contributed by atoms with Gasteiger partial charge in [-0.25, -0.2) is 4.90 Å². The van der Waals surface area contributed by atoms with E-state index >= 15 is 0 Å². The SMILES string of the molecule is CCN1CC(OC(=S)Nc2ccc(Cl)c(Cl)c2)[N+]([O-])(c2nnc(OC)s2)C1. The van der Waals surface area contributed by atoms with Crippen LogP contribution in [0.5, 0.6) is 5.19 Å². The van der Waals surface area contributed by atoms with Gasteiger partial charge in [0, 0.05) is 23.6 Å². The first-order valence-electron chi connectivity index (χ1n) is 7.97. The highest BCUT2D eigenvalue weighted by Gasteiger charge is 2.45. The largest absolute Gasteiger partial charge is 0.622 e. The lowest BCUT2D eigenvalue weighted by molar-refractivity contribution is 0.101. The Morgan fingerprint density at radius 2 is 2.22 bits per heavy atom. The number of ether oxygens (including phenoxy) is 2. The Labute approximate surface area is 175 Å². The van der Waals surface area contributed by atoms with Crippen LogP contribution in [0.4, 0.5) is 10.8 Å². The Bertz CT molecular complexity index is 840. The average Bonchev–Trinajstić information content (AvgIpc) is 3.24. The quantitative estimate of drug-likeness (QED) is 0.420. The van der Waals surface area contributed by atoms with E-state index in [9.17, 15) is 5.21 Å². The molecule has 0 aliphatic carbocycles. The van der Waals surface area contributed by atoms with Gasteiger partial charge in [-0.05, 0) is 30.4 Å². The summed E-state index contributed by atoms with van der Waals surface area (Å²) in [6.45, 7) is 3.27. The van der Waals surface area contributed by atoms with Gasteiger partial charge in [0.25, 0.3) is 16.6 Å². The zero-order valence-corrected chi connectivity index (χ0v) is 17.7. The Morgan fingerprint density at radius 3 is 2.85 bits per heavy atom. The van der Waals surface area contributed by atoms with Gasteiger partial charge in [0.05, 0.1) is 23.7 Å². The van der Waals surface area contributed by atoms with E-state index < -0.39 is 10.9 Å². The Balaban J connectivity index is 1.75. The summed E-state index contributed by atoms with van der Waals surface area (Å²) >= 11 is 18.3. The first-order valence-corrected chi connectivity index (χ1v) is 9.95. The van der Waals surface area contributed by atoms with Crippen molar-refractivity contribution in [2.75, 3.05) is 32.2 Å². The van der Waals surface area contributed by atoms with Crippen molar-refractivity contribution in [1.82, 2.24) is 19.7 Å². The molecule has 0 amide bonds. The predicted octanol–water partition coefficient (Wildman–Crippen LogP) is 3.69. The lowest BCUT2D eigenvalue weighted by atomic mass is 10.3. The molecule has 0 saturated carbocycles. The average molecular weight is 450 g/mol. The molecular weight excluding hydrogens is 433 g/mol. The van der Waals surface area contributed by atoms with Gasteiger partial charge in [-0.3, -0.25) is 4.65 Å². The van der Waals surface area contributed by atoms with Crippen LogP contribution in [0.2, 0.25) is 10.0 Å². The number of hydroxylamine groups is 2. The van der Waals surface area contributed by atoms with Gasteiger partial charge in [-0.2, -0.15) is 0 Å². The van der Waals surface area contributed by atoms with E-state index in [1.165, 1.54) is 7.11 Å². The van der Waals surface area contributed by atoms with Gasteiger partial charge in [0.1, 0.15) is 6.67 Å². The minimum Gasteiger partial charge on any atom is -0.622 e. The van der Waals surface area contributed by atoms with E-state index in [1.807, 2.05) is 11.8 Å². The van der Waals surface area contributed by atoms with Gasteiger partial charge in [0.15, 0.2) is 0 Å². The zero-order valence-electron chi connectivity index (χ0n) is 14.5. The number of nitrogens with one attached hydrogen (secondary N) is 1. The maximum absolute atomic E-state index is 13.5. The number of hydrogen-bond acceptors (Lipinski definition) is 8. The molecule has 2 unspecified atom stereocenters. The van der Waals surface area contributed by atoms with Crippen LogP contribution in [0, 0.1) is 5.21 Å². The molecular formula is C15H17Cl2N5O3S2. The summed E-state index contributed by atoms with van der Waals surface area (Å²) in [6.07, 6.45) is -0.787. The van der Waals surface area contributed by atoms with Gasteiger partial charge < -0.3 is 20.0 Å². The smallest absolute Gasteiger partial charge is 0.314 e. The highest BCUT2D eigenvalue weighted by Crippen LogP contribution is 2.36. The van der Waals surface area contributed by atoms with Crippen molar-refractivity contribution in [3.63, 3.8) is 0 Å². The number of nitrogens with zero attached hydrogens (tertiary/aromatic N) is 4. The van der Waals surface area contributed by atoms with Crippen molar-refractivity contribution >= 4 is 62.8 Å². The molecule has 2 atom stereocenters. The second-order valence-electron chi connectivity index (χ2n) is 5.78. The van der Waals surface area contributed by atoms with Crippen molar-refractivity contribution in [2.45, 2.75) is 13.2 Å². The van der Waals surface area contributed by atoms with E-state index in [-0.39, 0.29) is 17.0 Å². The zero-order chi connectivity index (χ0) is 19.6. The van der Waals surface area contributed by atoms with Gasteiger partial charge in [0.2, 0.25) is 0 Å². The summed E-state index contributed by atoms with van der Waals surface area (Å²) in [7, 11) is 1.48. The molecule has 1 saturated heterocycles. The molecule has 12 heteroatoms. The van der Waals surface area contributed by atoms with Crippen molar-refractivity contribution in [2.24, 2.45) is 0 Å². The third kappa shape index (κ3) is 4.43. The molecule has 1 aromatic carbocycles. The second kappa shape index (κ2) is 8.39. The lowest BCUT2D eigenvalue weighted by Crippen LogP contribution is -2.51. The van der Waals surface area contributed by atoms with Crippen LogP contribution in [0.15, 0.2) is 18.2 Å². The molecule has 3 rings (SSSR count). The van der Waals surface area contributed by atoms with E-state index in [1.54, 1.807) is 18.2 Å². The summed E-state index contributed by atoms with van der Waals surface area (Å²) in [6, 6.07) is 4.98. The third-order valence-electron chi connectivity index (χ3n) is 4.04. The minimum absolute atomic E-state index is 0.0613. The van der Waals surface area contributed by atoms with Crippen LogP contribution in [-0.2, 0) is 4.74 Å². The standard InChI is InChI=1S/C15H17Cl2N5O3S2/c1-3-21-7-12(22(23,8-21)13-19-20-15(24-2)27-13)25-14(26)18-9-4-5-10(16)11(17)6-9/h4-6,12H,3,7-8H2,1-2H3,(H,18,26). The molecule has 0 spiro atoms. The molecule has 27 heavy (non-hydrogen) atoms. The van der Waals surface area contributed by atoms with E-state index in [0.29, 0.717) is 34.0 Å². The summed E-state index contributed by atoms with van der Waals surface area (Å²) in [5.74, 6) is 0. The molecule has 1 aromatic heterocycles. The number of rotatable bonds is 5. The number of halogens is 2. The number of anilines is 1. The fraction of sp³-hybridized carbons (Fsp3) is 0.400. The normalized spacial score (nSPS) is 22.6. The van der Waals surface area contributed by atoms with E-state index in [0.717, 1.165) is 11.3 Å². The van der Waals surface area contributed by atoms with Crippen LogP contribution >= 0.6 is 46.8 Å². The Kier molecular flexibility index (Phi) is 6.36. The first-order chi connectivity index (χ1) is 12.9. The fourth-order valence-corrected chi connectivity index (χ4v) is 3.88. The van der Waals surface area contributed by atoms with Crippen molar-refractivity contribution < 1.29 is 9.47 Å². The van der Waals surface area contributed by atoms with Gasteiger partial charge in [-0.15, -0.1) is 0 Å². The molecule has 8 nitrogen and oxygen atoms in total. The van der Waals surface area contributed by atoms with Crippen LogP contribution < -0.4 is 14.7 Å². The highest BCUT2D eigenvalue weighted by molar-refractivity contribution is 7.80. The van der Waals surface area contributed by atoms with E-state index in [2.05, 4.69) is 15.5 Å². The van der Waals surface area contributed by atoms with Crippen LogP contribution in [0.25, 0.3) is 0 Å². The summed E-state index contributed by atoms with van der Waals surface area (Å²) in [5, 5.41) is 25.7. The molecule has 1 aliphatic rings. The number of likely N-dealkylation sites (N-methyl/N-ethyl adjacent to an activating group) is 1. The molecule has 0 radical (unpaired) electrons. The number of benzene rings is 1. The number of methoxy groups -OCH3 is 1. The minimum atomic E-state index is -0.807.